The van der Waals surface area contributed by atoms with Gasteiger partial charge in [0, 0.05) is 0 Å². The highest BCUT2D eigenvalue weighted by Crippen LogP contribution is 2.29. The van der Waals surface area contributed by atoms with Crippen molar-refractivity contribution >= 4 is 34.6 Å². The Balaban J connectivity index is 1.81. The number of carbonyl (C=O) groups excluding carboxylic acids is 1. The van der Waals surface area contributed by atoms with Crippen molar-refractivity contribution in [1.82, 2.24) is 5.32 Å². The minimum Gasteiger partial charge on any atom is -0.300 e. The van der Waals surface area contributed by atoms with Crippen LogP contribution in [0.2, 0.25) is 0 Å². The van der Waals surface area contributed by atoms with Crippen LogP contribution < -0.4 is 5.32 Å². The fourth-order valence-electron chi connectivity index (χ4n) is 2.74. The zero-order valence-electron chi connectivity index (χ0n) is 15.0. The van der Waals surface area contributed by atoms with Gasteiger partial charge >= 0.3 is 0 Å². The highest BCUT2D eigenvalue weighted by atomic mass is 32.2. The molecule has 0 unspecified atom stereocenters. The molecule has 0 atom stereocenters. The van der Waals surface area contributed by atoms with E-state index >= 15 is 0 Å². The molecule has 4 heteroatoms. The molecule has 1 aliphatic heterocycles. The summed E-state index contributed by atoms with van der Waals surface area (Å²) in [5, 5.41) is 3.47. The molecule has 1 heterocycles. The van der Waals surface area contributed by atoms with E-state index in [4.69, 9.17) is 0 Å². The van der Waals surface area contributed by atoms with Gasteiger partial charge in [0.15, 0.2) is 5.17 Å². The fraction of sp³-hybridized carbons (Fsp3) is 0.238. The Morgan fingerprint density at radius 1 is 1.04 bits per heavy atom. The van der Waals surface area contributed by atoms with Crippen molar-refractivity contribution in [3.63, 3.8) is 0 Å². The molecule has 128 valence electrons. The van der Waals surface area contributed by atoms with E-state index in [9.17, 15) is 4.79 Å². The van der Waals surface area contributed by atoms with Crippen molar-refractivity contribution in [1.29, 1.82) is 0 Å². The number of nitrogens with zero attached hydrogens (tertiary/aromatic N) is 1. The summed E-state index contributed by atoms with van der Waals surface area (Å²) in [5.41, 5.74) is 5.50. The maximum Gasteiger partial charge on any atom is 0.264 e. The summed E-state index contributed by atoms with van der Waals surface area (Å²) in [7, 11) is 0. The molecule has 2 aromatic rings. The second-order valence-electron chi connectivity index (χ2n) is 6.65. The zero-order valence-corrected chi connectivity index (χ0v) is 15.8. The molecular formula is C21H22N2OS. The van der Waals surface area contributed by atoms with Gasteiger partial charge in [0.1, 0.15) is 0 Å². The molecule has 3 nitrogen and oxygen atoms in total. The van der Waals surface area contributed by atoms with Gasteiger partial charge in [-0.15, -0.1) is 0 Å². The second kappa shape index (κ2) is 7.28. The average Bonchev–Trinajstić information content (AvgIpc) is 2.86. The number of hydrogen-bond donors (Lipinski definition) is 1. The minimum absolute atomic E-state index is 0.0962. The Kier molecular flexibility index (Phi) is 5.09. The summed E-state index contributed by atoms with van der Waals surface area (Å²) < 4.78 is 0. The Morgan fingerprint density at radius 3 is 2.28 bits per heavy atom. The lowest BCUT2D eigenvalue weighted by Gasteiger charge is -2.04. The van der Waals surface area contributed by atoms with Crippen LogP contribution in [0, 0.1) is 13.8 Å². The van der Waals surface area contributed by atoms with Crippen molar-refractivity contribution < 1.29 is 4.79 Å². The van der Waals surface area contributed by atoms with Crippen molar-refractivity contribution in [3.05, 3.63) is 69.6 Å². The smallest absolute Gasteiger partial charge is 0.264 e. The third-order valence-corrected chi connectivity index (χ3v) is 4.90. The number of nitrogens with one attached hydrogen (secondary N) is 1. The molecule has 1 saturated heterocycles. The molecule has 25 heavy (non-hydrogen) atoms. The lowest BCUT2D eigenvalue weighted by atomic mass is 10.0. The number of hydrogen-bond acceptors (Lipinski definition) is 3. The van der Waals surface area contributed by atoms with Gasteiger partial charge in [0.2, 0.25) is 0 Å². The van der Waals surface area contributed by atoms with Crippen molar-refractivity contribution in [2.75, 3.05) is 0 Å². The largest absolute Gasteiger partial charge is 0.300 e. The van der Waals surface area contributed by atoms with Gasteiger partial charge in [-0.05, 0) is 72.0 Å². The molecule has 0 aliphatic carbocycles. The number of aryl methyl sites for hydroxylation is 2. The van der Waals surface area contributed by atoms with E-state index in [1.807, 2.05) is 32.1 Å². The maximum absolute atomic E-state index is 12.2. The number of amidine groups is 1. The molecule has 0 bridgehead atoms. The SMILES string of the molecule is Cc1cc(C)cc(N=C2NC(=O)/C(=C\c3ccc(C(C)C)cc3)S2)c1. The van der Waals surface area contributed by atoms with Gasteiger partial charge in [-0.1, -0.05) is 44.2 Å². The second-order valence-corrected chi connectivity index (χ2v) is 7.68. The molecule has 2 aromatic carbocycles. The summed E-state index contributed by atoms with van der Waals surface area (Å²) in [5.74, 6) is 0.406. The Labute approximate surface area is 153 Å². The van der Waals surface area contributed by atoms with Crippen LogP contribution >= 0.6 is 11.8 Å². The normalized spacial score (nSPS) is 17.6. The van der Waals surface area contributed by atoms with E-state index in [2.05, 4.69) is 54.5 Å². The van der Waals surface area contributed by atoms with E-state index in [0.29, 0.717) is 16.0 Å². The molecule has 3 rings (SSSR count). The number of amides is 1. The molecule has 0 radical (unpaired) electrons. The topological polar surface area (TPSA) is 41.5 Å². The molecule has 1 amide bonds. The summed E-state index contributed by atoms with van der Waals surface area (Å²) in [4.78, 5) is 17.4. The summed E-state index contributed by atoms with van der Waals surface area (Å²) in [6.45, 7) is 8.43. The third-order valence-electron chi connectivity index (χ3n) is 3.99. The summed E-state index contributed by atoms with van der Waals surface area (Å²) in [6.07, 6.45) is 1.91. The van der Waals surface area contributed by atoms with Crippen LogP contribution in [0.5, 0.6) is 0 Å². The standard InChI is InChI=1S/C21H22N2OS/c1-13(2)17-7-5-16(6-8-17)12-19-20(24)23-21(25-19)22-18-10-14(3)9-15(4)11-18/h5-13H,1-4H3,(H,22,23,24)/b19-12+. The van der Waals surface area contributed by atoms with E-state index in [-0.39, 0.29) is 5.91 Å². The lowest BCUT2D eigenvalue weighted by Crippen LogP contribution is -2.19. The van der Waals surface area contributed by atoms with Gasteiger partial charge < -0.3 is 5.32 Å². The van der Waals surface area contributed by atoms with E-state index in [1.54, 1.807) is 0 Å². The predicted molar refractivity (Wildman–Crippen MR) is 107 cm³/mol. The van der Waals surface area contributed by atoms with Gasteiger partial charge in [-0.3, -0.25) is 4.79 Å². The zero-order chi connectivity index (χ0) is 18.0. The first-order valence-electron chi connectivity index (χ1n) is 8.38. The summed E-state index contributed by atoms with van der Waals surface area (Å²) in [6, 6.07) is 14.5. The van der Waals surface area contributed by atoms with Crippen LogP contribution in [0.3, 0.4) is 0 Å². The van der Waals surface area contributed by atoms with Gasteiger partial charge in [-0.2, -0.15) is 0 Å². The van der Waals surface area contributed by atoms with Crippen LogP contribution in [-0.4, -0.2) is 11.1 Å². The van der Waals surface area contributed by atoms with E-state index < -0.39 is 0 Å². The predicted octanol–water partition coefficient (Wildman–Crippen LogP) is 5.32. The molecule has 0 spiro atoms. The summed E-state index contributed by atoms with van der Waals surface area (Å²) >= 11 is 1.38. The van der Waals surface area contributed by atoms with Gasteiger partial charge in [-0.25, -0.2) is 4.99 Å². The molecule has 1 fully saturated rings. The quantitative estimate of drug-likeness (QED) is 0.761. The molecular weight excluding hydrogens is 328 g/mol. The maximum atomic E-state index is 12.2. The molecule has 0 aromatic heterocycles. The monoisotopic (exact) mass is 350 g/mol. The Morgan fingerprint density at radius 2 is 1.68 bits per heavy atom. The van der Waals surface area contributed by atoms with Crippen LogP contribution in [0.1, 0.15) is 42.0 Å². The number of rotatable bonds is 3. The number of thioether (sulfide) groups is 1. The first-order chi connectivity index (χ1) is 11.9. The first kappa shape index (κ1) is 17.5. The van der Waals surface area contributed by atoms with Crippen molar-refractivity contribution in [2.45, 2.75) is 33.6 Å². The molecule has 1 N–H and O–H groups in total. The first-order valence-corrected chi connectivity index (χ1v) is 9.20. The Hall–Kier alpha value is -2.33. The van der Waals surface area contributed by atoms with Gasteiger partial charge in [0.05, 0.1) is 10.6 Å². The van der Waals surface area contributed by atoms with E-state index in [1.165, 1.54) is 17.3 Å². The van der Waals surface area contributed by atoms with Gasteiger partial charge in [0.25, 0.3) is 5.91 Å². The molecule has 0 saturated carbocycles. The Bertz CT molecular complexity index is 844. The van der Waals surface area contributed by atoms with Crippen molar-refractivity contribution in [2.24, 2.45) is 4.99 Å². The highest BCUT2D eigenvalue weighted by Gasteiger charge is 2.23. The minimum atomic E-state index is -0.0962. The highest BCUT2D eigenvalue weighted by molar-refractivity contribution is 8.18. The third kappa shape index (κ3) is 4.40. The lowest BCUT2D eigenvalue weighted by molar-refractivity contribution is -0.115. The number of carbonyl (C=O) groups is 1. The van der Waals surface area contributed by atoms with Crippen LogP contribution in [-0.2, 0) is 4.79 Å². The number of benzene rings is 2. The average molecular weight is 350 g/mol. The molecule has 1 aliphatic rings. The number of aliphatic imine (C=N–C) groups is 1. The van der Waals surface area contributed by atoms with Crippen molar-refractivity contribution in [3.8, 4) is 0 Å². The van der Waals surface area contributed by atoms with E-state index in [0.717, 1.165) is 22.4 Å². The van der Waals surface area contributed by atoms with Crippen LogP contribution in [0.15, 0.2) is 52.4 Å². The fourth-order valence-corrected chi connectivity index (χ4v) is 3.58. The van der Waals surface area contributed by atoms with Crippen LogP contribution in [0.25, 0.3) is 6.08 Å². The van der Waals surface area contributed by atoms with Crippen LogP contribution in [0.4, 0.5) is 5.69 Å².